The van der Waals surface area contributed by atoms with Gasteiger partial charge >= 0.3 is 0 Å². The summed E-state index contributed by atoms with van der Waals surface area (Å²) in [7, 11) is 0. The van der Waals surface area contributed by atoms with Crippen LogP contribution in [0.3, 0.4) is 0 Å². The van der Waals surface area contributed by atoms with E-state index in [2.05, 4.69) is 0 Å². The fourth-order valence-corrected chi connectivity index (χ4v) is 2.48. The number of hydrogen-bond acceptors (Lipinski definition) is 6. The van der Waals surface area contributed by atoms with Crippen molar-refractivity contribution in [2.45, 2.75) is 65.8 Å². The van der Waals surface area contributed by atoms with Crippen LogP contribution in [0.2, 0.25) is 0 Å². The minimum Gasteiger partial charge on any atom is -0.353 e. The van der Waals surface area contributed by atoms with Gasteiger partial charge < -0.3 is 9.47 Å². The standard InChI is InChI=1S/C17H28N2O6/c1-5-14(22)7-9-24-16-17(25-10-8-15(23)6-2)19(13(4)21)11-18(16)12(3)20/h16-17H,5-11H2,1-4H3. The highest BCUT2D eigenvalue weighted by Crippen LogP contribution is 2.24. The van der Waals surface area contributed by atoms with Crippen LogP contribution in [0, 0.1) is 0 Å². The van der Waals surface area contributed by atoms with Crippen LogP contribution in [-0.4, -0.2) is 65.5 Å². The highest BCUT2D eigenvalue weighted by molar-refractivity contribution is 5.79. The quantitative estimate of drug-likeness (QED) is 0.581. The molecule has 2 unspecified atom stereocenters. The molecule has 1 saturated heterocycles. The van der Waals surface area contributed by atoms with Crippen LogP contribution < -0.4 is 0 Å². The molecule has 8 heteroatoms. The van der Waals surface area contributed by atoms with Crippen LogP contribution in [0.1, 0.15) is 53.4 Å². The van der Waals surface area contributed by atoms with Crippen LogP contribution in [0.4, 0.5) is 0 Å². The SMILES string of the molecule is CCC(=O)CCOC1C(OCCC(=O)CC)N(C(C)=O)CN1C(C)=O. The first-order valence-electron chi connectivity index (χ1n) is 8.62. The maximum absolute atomic E-state index is 11.9. The first kappa shape index (κ1) is 21.2. The van der Waals surface area contributed by atoms with Crippen molar-refractivity contribution in [3.8, 4) is 0 Å². The number of hydrogen-bond donors (Lipinski definition) is 0. The summed E-state index contributed by atoms with van der Waals surface area (Å²) in [6, 6.07) is 0. The van der Waals surface area contributed by atoms with Crippen LogP contribution in [0.15, 0.2) is 0 Å². The summed E-state index contributed by atoms with van der Waals surface area (Å²) in [6.45, 7) is 6.65. The summed E-state index contributed by atoms with van der Waals surface area (Å²) in [4.78, 5) is 49.4. The molecule has 142 valence electrons. The van der Waals surface area contributed by atoms with Gasteiger partial charge in [-0.15, -0.1) is 0 Å². The third kappa shape index (κ3) is 6.21. The molecule has 0 aliphatic carbocycles. The molecule has 0 aromatic heterocycles. The van der Waals surface area contributed by atoms with E-state index in [1.807, 2.05) is 0 Å². The molecule has 1 aliphatic rings. The van der Waals surface area contributed by atoms with Gasteiger partial charge in [0.1, 0.15) is 18.2 Å². The zero-order valence-corrected chi connectivity index (χ0v) is 15.4. The molecular weight excluding hydrogens is 328 g/mol. The lowest BCUT2D eigenvalue weighted by molar-refractivity contribution is -0.163. The van der Waals surface area contributed by atoms with Gasteiger partial charge in [-0.2, -0.15) is 0 Å². The Morgan fingerprint density at radius 3 is 1.44 bits per heavy atom. The number of nitrogens with zero attached hydrogens (tertiary/aromatic N) is 2. The minimum atomic E-state index is -0.789. The molecular formula is C17H28N2O6. The summed E-state index contributed by atoms with van der Waals surface area (Å²) < 4.78 is 11.4. The third-order valence-electron chi connectivity index (χ3n) is 4.10. The maximum atomic E-state index is 11.9. The smallest absolute Gasteiger partial charge is 0.223 e. The average molecular weight is 356 g/mol. The van der Waals surface area contributed by atoms with E-state index in [-0.39, 0.29) is 56.1 Å². The van der Waals surface area contributed by atoms with Crippen molar-refractivity contribution in [1.82, 2.24) is 9.80 Å². The van der Waals surface area contributed by atoms with E-state index >= 15 is 0 Å². The Kier molecular flexibility index (Phi) is 8.71. The van der Waals surface area contributed by atoms with Crippen LogP contribution in [0.5, 0.6) is 0 Å². The van der Waals surface area contributed by atoms with Crippen molar-refractivity contribution >= 4 is 23.4 Å². The molecule has 25 heavy (non-hydrogen) atoms. The van der Waals surface area contributed by atoms with Gasteiger partial charge in [0.05, 0.1) is 13.2 Å². The number of carbonyl (C=O) groups excluding carboxylic acids is 4. The molecule has 1 rings (SSSR count). The van der Waals surface area contributed by atoms with E-state index in [0.717, 1.165) is 0 Å². The van der Waals surface area contributed by atoms with Crippen LogP contribution in [0.25, 0.3) is 0 Å². The van der Waals surface area contributed by atoms with E-state index in [1.54, 1.807) is 13.8 Å². The van der Waals surface area contributed by atoms with Gasteiger partial charge in [0, 0.05) is 39.5 Å². The molecule has 0 bridgehead atoms. The number of ketones is 2. The molecule has 1 heterocycles. The lowest BCUT2D eigenvalue weighted by atomic mass is 10.2. The van der Waals surface area contributed by atoms with E-state index < -0.39 is 12.5 Å². The van der Waals surface area contributed by atoms with Crippen molar-refractivity contribution < 1.29 is 28.7 Å². The van der Waals surface area contributed by atoms with Crippen molar-refractivity contribution in [3.63, 3.8) is 0 Å². The summed E-state index contributed by atoms with van der Waals surface area (Å²) in [6.07, 6.45) is -0.267. The van der Waals surface area contributed by atoms with E-state index in [1.165, 1.54) is 23.6 Å². The van der Waals surface area contributed by atoms with Gasteiger partial charge in [0.25, 0.3) is 0 Å². The molecule has 0 aromatic rings. The van der Waals surface area contributed by atoms with Gasteiger partial charge in [0.15, 0.2) is 12.5 Å². The van der Waals surface area contributed by atoms with Gasteiger partial charge in [-0.1, -0.05) is 13.8 Å². The number of carbonyl (C=O) groups is 4. The van der Waals surface area contributed by atoms with E-state index in [4.69, 9.17) is 9.47 Å². The van der Waals surface area contributed by atoms with Gasteiger partial charge in [0.2, 0.25) is 11.8 Å². The lowest BCUT2D eigenvalue weighted by Gasteiger charge is -2.27. The average Bonchev–Trinajstić information content (AvgIpc) is 2.93. The number of amides is 2. The molecule has 0 radical (unpaired) electrons. The second kappa shape index (κ2) is 10.2. The van der Waals surface area contributed by atoms with Crippen LogP contribution >= 0.6 is 0 Å². The van der Waals surface area contributed by atoms with Crippen LogP contribution in [-0.2, 0) is 28.7 Å². The summed E-state index contributed by atoms with van der Waals surface area (Å²) in [5, 5.41) is 0. The molecule has 2 amide bonds. The minimum absolute atomic E-state index is 0.0572. The molecule has 0 N–H and O–H groups in total. The third-order valence-corrected chi connectivity index (χ3v) is 4.10. The molecule has 8 nitrogen and oxygen atoms in total. The Balaban J connectivity index is 2.80. The van der Waals surface area contributed by atoms with Crippen molar-refractivity contribution in [1.29, 1.82) is 0 Å². The number of Topliss-reactive ketones (excluding diaryl/α,β-unsaturated/α-hetero) is 2. The fourth-order valence-electron chi connectivity index (χ4n) is 2.48. The summed E-state index contributed by atoms with van der Waals surface area (Å²) in [5.41, 5.74) is 0. The highest BCUT2D eigenvalue weighted by Gasteiger charge is 2.44. The van der Waals surface area contributed by atoms with E-state index in [0.29, 0.717) is 12.8 Å². The number of ether oxygens (including phenoxy) is 2. The zero-order valence-electron chi connectivity index (χ0n) is 15.4. The maximum Gasteiger partial charge on any atom is 0.223 e. The normalized spacial score (nSPS) is 20.0. The topological polar surface area (TPSA) is 93.2 Å². The largest absolute Gasteiger partial charge is 0.353 e. The predicted octanol–water partition coefficient (Wildman–Crippen LogP) is 1.08. The second-order valence-corrected chi connectivity index (χ2v) is 5.93. The molecule has 1 aliphatic heterocycles. The van der Waals surface area contributed by atoms with Gasteiger partial charge in [-0.25, -0.2) is 0 Å². The Labute approximate surface area is 148 Å². The molecule has 1 fully saturated rings. The Morgan fingerprint density at radius 1 is 0.800 bits per heavy atom. The summed E-state index contributed by atoms with van der Waals surface area (Å²) >= 11 is 0. The Bertz CT molecular complexity index is 463. The lowest BCUT2D eigenvalue weighted by Crippen LogP contribution is -2.44. The number of rotatable bonds is 10. The molecule has 2 atom stereocenters. The predicted molar refractivity (Wildman–Crippen MR) is 89.2 cm³/mol. The first-order chi connectivity index (χ1) is 11.8. The zero-order chi connectivity index (χ0) is 19.0. The fraction of sp³-hybridized carbons (Fsp3) is 0.765. The van der Waals surface area contributed by atoms with Gasteiger partial charge in [-0.3, -0.25) is 29.0 Å². The second-order valence-electron chi connectivity index (χ2n) is 5.93. The Hall–Kier alpha value is -1.80. The first-order valence-corrected chi connectivity index (χ1v) is 8.62. The Morgan fingerprint density at radius 2 is 1.16 bits per heavy atom. The molecule has 0 saturated carbocycles. The van der Waals surface area contributed by atoms with Gasteiger partial charge in [-0.05, 0) is 0 Å². The molecule has 0 aromatic carbocycles. The molecule has 0 spiro atoms. The van der Waals surface area contributed by atoms with Crippen molar-refractivity contribution in [3.05, 3.63) is 0 Å². The highest BCUT2D eigenvalue weighted by atomic mass is 16.6. The van der Waals surface area contributed by atoms with Crippen molar-refractivity contribution in [2.24, 2.45) is 0 Å². The van der Waals surface area contributed by atoms with Crippen molar-refractivity contribution in [2.75, 3.05) is 19.9 Å². The summed E-state index contributed by atoms with van der Waals surface area (Å²) in [5.74, 6) is -0.397. The monoisotopic (exact) mass is 356 g/mol. The van der Waals surface area contributed by atoms with E-state index in [9.17, 15) is 19.2 Å².